The molecule has 0 saturated carbocycles. The highest BCUT2D eigenvalue weighted by atomic mass is 16.6. The smallest absolute Gasteiger partial charge is 0.407 e. The summed E-state index contributed by atoms with van der Waals surface area (Å²) in [5.41, 5.74) is 7.12. The number of aromatic nitrogens is 2. The zero-order valence-electron chi connectivity index (χ0n) is 16.2. The number of benzene rings is 2. The number of nitro benzene ring substituents is 1. The molecule has 0 radical (unpaired) electrons. The van der Waals surface area contributed by atoms with Crippen LogP contribution in [0.25, 0.3) is 10.9 Å². The average molecular weight is 425 g/mol. The Morgan fingerprint density at radius 1 is 1.19 bits per heavy atom. The SMILES string of the molecule is Nc1cc(N2CCN(C(=O)O)CC2)c(C(=O)Nc2ccc3cn[nH]c3c2)cc1[N+](=O)[O-]. The first-order valence-corrected chi connectivity index (χ1v) is 9.38. The molecule has 3 aromatic rings. The van der Waals surface area contributed by atoms with Crippen molar-refractivity contribution in [1.29, 1.82) is 0 Å². The van der Waals surface area contributed by atoms with E-state index in [2.05, 4.69) is 15.5 Å². The van der Waals surface area contributed by atoms with E-state index in [-0.39, 0.29) is 30.0 Å². The molecule has 4 rings (SSSR count). The molecule has 0 bridgehead atoms. The summed E-state index contributed by atoms with van der Waals surface area (Å²) in [4.78, 5) is 38.0. The van der Waals surface area contributed by atoms with E-state index in [0.717, 1.165) is 17.0 Å². The number of carboxylic acid groups (broad SMARTS) is 1. The van der Waals surface area contributed by atoms with Gasteiger partial charge in [-0.3, -0.25) is 20.0 Å². The highest BCUT2D eigenvalue weighted by Gasteiger charge is 2.27. The van der Waals surface area contributed by atoms with Gasteiger partial charge in [0.25, 0.3) is 11.6 Å². The lowest BCUT2D eigenvalue weighted by Gasteiger charge is -2.35. The van der Waals surface area contributed by atoms with E-state index in [9.17, 15) is 19.7 Å². The summed E-state index contributed by atoms with van der Waals surface area (Å²) in [6.07, 6.45) is 0.633. The van der Waals surface area contributed by atoms with Gasteiger partial charge in [0.05, 0.1) is 27.9 Å². The fourth-order valence-electron chi connectivity index (χ4n) is 3.55. The predicted molar refractivity (Wildman–Crippen MR) is 113 cm³/mol. The van der Waals surface area contributed by atoms with Gasteiger partial charge in [-0.1, -0.05) is 0 Å². The van der Waals surface area contributed by atoms with Gasteiger partial charge in [0, 0.05) is 43.3 Å². The van der Waals surface area contributed by atoms with Crippen LogP contribution in [0.1, 0.15) is 10.4 Å². The minimum atomic E-state index is -1.02. The summed E-state index contributed by atoms with van der Waals surface area (Å²) in [5.74, 6) is -0.544. The second kappa shape index (κ2) is 7.82. The van der Waals surface area contributed by atoms with Crippen LogP contribution in [0.15, 0.2) is 36.5 Å². The molecule has 0 atom stereocenters. The molecule has 12 nitrogen and oxygen atoms in total. The monoisotopic (exact) mass is 425 g/mol. The third kappa shape index (κ3) is 3.90. The van der Waals surface area contributed by atoms with E-state index in [0.29, 0.717) is 24.5 Å². The van der Waals surface area contributed by atoms with Crippen LogP contribution in [-0.4, -0.2) is 63.3 Å². The molecule has 1 aromatic heterocycles. The number of anilines is 3. The maximum Gasteiger partial charge on any atom is 0.407 e. The van der Waals surface area contributed by atoms with Gasteiger partial charge in [0.15, 0.2) is 0 Å². The van der Waals surface area contributed by atoms with Gasteiger partial charge < -0.3 is 26.0 Å². The summed E-state index contributed by atoms with van der Waals surface area (Å²) < 4.78 is 0. The molecule has 2 heterocycles. The lowest BCUT2D eigenvalue weighted by Crippen LogP contribution is -2.48. The molecule has 0 unspecified atom stereocenters. The topological polar surface area (TPSA) is 171 Å². The number of piperazine rings is 1. The minimum Gasteiger partial charge on any atom is -0.465 e. The largest absolute Gasteiger partial charge is 0.465 e. The summed E-state index contributed by atoms with van der Waals surface area (Å²) in [6.45, 7) is 1.13. The Bertz CT molecular complexity index is 1180. The Morgan fingerprint density at radius 2 is 1.94 bits per heavy atom. The maximum absolute atomic E-state index is 13.1. The number of carbonyl (C=O) groups excluding carboxylic acids is 1. The molecule has 1 aliphatic heterocycles. The molecule has 2 amide bonds. The Kier molecular flexibility index (Phi) is 5.03. The third-order valence-corrected chi connectivity index (χ3v) is 5.18. The lowest BCUT2D eigenvalue weighted by atomic mass is 10.1. The number of rotatable bonds is 4. The zero-order chi connectivity index (χ0) is 22.1. The molecule has 1 saturated heterocycles. The third-order valence-electron chi connectivity index (χ3n) is 5.18. The number of carbonyl (C=O) groups is 2. The van der Waals surface area contributed by atoms with Crippen LogP contribution in [-0.2, 0) is 0 Å². The molecule has 1 aliphatic rings. The predicted octanol–water partition coefficient (Wildman–Crippen LogP) is 2.11. The van der Waals surface area contributed by atoms with Gasteiger partial charge in [-0.05, 0) is 24.3 Å². The highest BCUT2D eigenvalue weighted by molar-refractivity contribution is 6.09. The van der Waals surface area contributed by atoms with Gasteiger partial charge in [-0.2, -0.15) is 5.10 Å². The van der Waals surface area contributed by atoms with Crippen LogP contribution >= 0.6 is 0 Å². The van der Waals surface area contributed by atoms with Gasteiger partial charge >= 0.3 is 6.09 Å². The van der Waals surface area contributed by atoms with Gasteiger partial charge in [-0.25, -0.2) is 4.79 Å². The van der Waals surface area contributed by atoms with Crippen molar-refractivity contribution in [3.63, 3.8) is 0 Å². The van der Waals surface area contributed by atoms with Crippen LogP contribution in [0.4, 0.5) is 27.5 Å². The molecule has 1 fully saturated rings. The van der Waals surface area contributed by atoms with Crippen molar-refractivity contribution in [3.8, 4) is 0 Å². The maximum atomic E-state index is 13.1. The van der Waals surface area contributed by atoms with Crippen molar-refractivity contribution in [3.05, 3.63) is 52.2 Å². The van der Waals surface area contributed by atoms with Crippen molar-refractivity contribution in [2.24, 2.45) is 0 Å². The van der Waals surface area contributed by atoms with Crippen LogP contribution in [0.5, 0.6) is 0 Å². The van der Waals surface area contributed by atoms with Crippen LogP contribution in [0, 0.1) is 10.1 Å². The number of H-pyrrole nitrogens is 1. The first-order chi connectivity index (χ1) is 14.8. The average Bonchev–Trinajstić information content (AvgIpc) is 3.21. The Morgan fingerprint density at radius 3 is 2.61 bits per heavy atom. The molecule has 0 spiro atoms. The van der Waals surface area contributed by atoms with Crippen molar-refractivity contribution >= 4 is 45.7 Å². The van der Waals surface area contributed by atoms with E-state index >= 15 is 0 Å². The Labute approximate surface area is 175 Å². The van der Waals surface area contributed by atoms with Gasteiger partial charge in [0.1, 0.15) is 5.69 Å². The fraction of sp³-hybridized carbons (Fsp3) is 0.211. The number of amides is 2. The summed E-state index contributed by atoms with van der Waals surface area (Å²) in [7, 11) is 0. The van der Waals surface area contributed by atoms with Crippen molar-refractivity contribution in [2.75, 3.05) is 42.1 Å². The summed E-state index contributed by atoms with van der Waals surface area (Å²) in [6, 6.07) is 7.73. The number of nitrogens with one attached hydrogen (secondary N) is 2. The number of fused-ring (bicyclic) bond motifs is 1. The normalized spacial score (nSPS) is 13.9. The molecule has 2 aromatic carbocycles. The Balaban J connectivity index is 1.67. The first kappa shape index (κ1) is 19.9. The van der Waals surface area contributed by atoms with Gasteiger partial charge in [-0.15, -0.1) is 0 Å². The van der Waals surface area contributed by atoms with Crippen molar-refractivity contribution in [2.45, 2.75) is 0 Å². The molecule has 31 heavy (non-hydrogen) atoms. The zero-order valence-corrected chi connectivity index (χ0v) is 16.2. The highest BCUT2D eigenvalue weighted by Crippen LogP contribution is 2.33. The fourth-order valence-corrected chi connectivity index (χ4v) is 3.55. The van der Waals surface area contributed by atoms with E-state index < -0.39 is 16.9 Å². The number of nitrogen functional groups attached to an aromatic ring is 1. The molecule has 160 valence electrons. The second-order valence-electron chi connectivity index (χ2n) is 7.07. The van der Waals surface area contributed by atoms with Crippen LogP contribution in [0.2, 0.25) is 0 Å². The Hall–Kier alpha value is -4.35. The number of hydrogen-bond acceptors (Lipinski definition) is 7. The van der Waals surface area contributed by atoms with Crippen molar-refractivity contribution in [1.82, 2.24) is 15.1 Å². The number of nitrogens with two attached hydrogens (primary N) is 1. The number of hydrogen-bond donors (Lipinski definition) is 4. The quantitative estimate of drug-likeness (QED) is 0.280. The molecule has 12 heteroatoms. The lowest BCUT2D eigenvalue weighted by molar-refractivity contribution is -0.383. The molecule has 5 N–H and O–H groups in total. The van der Waals surface area contributed by atoms with Crippen molar-refractivity contribution < 1.29 is 19.6 Å². The standard InChI is InChI=1S/C19H19N7O5/c20-14-9-16(24-3-5-25(6-4-24)19(28)29)13(8-17(14)26(30)31)18(27)22-12-2-1-11-10-21-23-15(11)7-12/h1-2,7-10H,3-6,20H2,(H,21,23)(H,22,27)(H,28,29). The summed E-state index contributed by atoms with van der Waals surface area (Å²) >= 11 is 0. The number of aromatic amines is 1. The molecule has 0 aliphatic carbocycles. The first-order valence-electron chi connectivity index (χ1n) is 9.38. The van der Waals surface area contributed by atoms with E-state index in [1.807, 2.05) is 0 Å². The van der Waals surface area contributed by atoms with E-state index in [1.165, 1.54) is 11.0 Å². The van der Waals surface area contributed by atoms with Crippen LogP contribution in [0.3, 0.4) is 0 Å². The second-order valence-corrected chi connectivity index (χ2v) is 7.07. The summed E-state index contributed by atoms with van der Waals surface area (Å²) in [5, 5.41) is 30.9. The molecular formula is C19H19N7O5. The molecular weight excluding hydrogens is 406 g/mol. The number of nitrogens with zero attached hydrogens (tertiary/aromatic N) is 4. The van der Waals surface area contributed by atoms with E-state index in [1.54, 1.807) is 29.3 Å². The minimum absolute atomic E-state index is 0.0731. The van der Waals surface area contributed by atoms with Crippen LogP contribution < -0.4 is 16.0 Å². The van der Waals surface area contributed by atoms with E-state index in [4.69, 9.17) is 10.8 Å². The number of nitro groups is 1. The van der Waals surface area contributed by atoms with Gasteiger partial charge in [0.2, 0.25) is 0 Å².